The third kappa shape index (κ3) is 2.89. The topological polar surface area (TPSA) is 57.0 Å². The number of benzene rings is 1. The predicted molar refractivity (Wildman–Crippen MR) is 68.7 cm³/mol. The Hall–Kier alpha value is -1.82. The summed E-state index contributed by atoms with van der Waals surface area (Å²) in [6, 6.07) is 9.68. The number of para-hydroxylation sites is 1. The van der Waals surface area contributed by atoms with Crippen LogP contribution in [0.3, 0.4) is 0 Å². The van der Waals surface area contributed by atoms with Gasteiger partial charge < -0.3 is 4.74 Å². The monoisotopic (exact) mass is 263 g/mol. The summed E-state index contributed by atoms with van der Waals surface area (Å²) >= 11 is 1.27. The smallest absolute Gasteiger partial charge is 0.318 e. The summed E-state index contributed by atoms with van der Waals surface area (Å²) in [5.41, 5.74) is 0.933. The van der Waals surface area contributed by atoms with E-state index in [0.717, 1.165) is 5.69 Å². The molecule has 0 unspecified atom stereocenters. The average Bonchev–Trinajstić information content (AvgIpc) is 2.87. The van der Waals surface area contributed by atoms with Crippen molar-refractivity contribution in [2.45, 2.75) is 17.3 Å². The molecule has 1 heterocycles. The molecule has 18 heavy (non-hydrogen) atoms. The number of hydrogen-bond acceptors (Lipinski definition) is 5. The molecule has 0 aliphatic heterocycles. The molecule has 0 bridgehead atoms. The van der Waals surface area contributed by atoms with Crippen LogP contribution < -0.4 is 0 Å². The SMILES string of the molecule is COC(=O)[C@@H](C)Sc1ncn(-c2ccccc2)n1. The summed E-state index contributed by atoms with van der Waals surface area (Å²) in [4.78, 5) is 15.4. The van der Waals surface area contributed by atoms with Crippen LogP contribution in [0.25, 0.3) is 5.69 Å². The molecule has 0 saturated heterocycles. The molecule has 5 nitrogen and oxygen atoms in total. The molecule has 0 aliphatic rings. The summed E-state index contributed by atoms with van der Waals surface area (Å²) in [6.07, 6.45) is 1.63. The molecule has 1 atom stereocenters. The number of ether oxygens (including phenoxy) is 1. The first-order chi connectivity index (χ1) is 8.70. The standard InChI is InChI=1S/C12H13N3O2S/c1-9(11(16)17-2)18-12-13-8-15(14-12)10-6-4-3-5-7-10/h3-9H,1-2H3/t9-/m1/s1. The Balaban J connectivity index is 2.09. The maximum atomic E-state index is 11.3. The molecule has 1 aromatic carbocycles. The minimum Gasteiger partial charge on any atom is -0.468 e. The highest BCUT2D eigenvalue weighted by Gasteiger charge is 2.17. The number of esters is 1. The van der Waals surface area contributed by atoms with Crippen LogP contribution in [0.15, 0.2) is 41.8 Å². The van der Waals surface area contributed by atoms with Gasteiger partial charge in [0.05, 0.1) is 12.8 Å². The summed E-state index contributed by atoms with van der Waals surface area (Å²) in [5.74, 6) is -0.281. The van der Waals surface area contributed by atoms with Gasteiger partial charge in [0.15, 0.2) is 0 Å². The quantitative estimate of drug-likeness (QED) is 0.623. The van der Waals surface area contributed by atoms with Gasteiger partial charge in [-0.05, 0) is 19.1 Å². The summed E-state index contributed by atoms with van der Waals surface area (Å²) in [7, 11) is 1.37. The second-order valence-electron chi connectivity index (χ2n) is 3.59. The van der Waals surface area contributed by atoms with Crippen molar-refractivity contribution in [2.24, 2.45) is 0 Å². The lowest BCUT2D eigenvalue weighted by Crippen LogP contribution is -2.14. The average molecular weight is 263 g/mol. The summed E-state index contributed by atoms with van der Waals surface area (Å²) in [6.45, 7) is 1.76. The van der Waals surface area contributed by atoms with Crippen molar-refractivity contribution in [1.29, 1.82) is 0 Å². The van der Waals surface area contributed by atoms with E-state index in [1.807, 2.05) is 30.3 Å². The molecule has 0 radical (unpaired) electrons. The Morgan fingerprint density at radius 2 is 2.11 bits per heavy atom. The van der Waals surface area contributed by atoms with Crippen LogP contribution in [0.5, 0.6) is 0 Å². The van der Waals surface area contributed by atoms with E-state index in [9.17, 15) is 4.79 Å². The fourth-order valence-corrected chi connectivity index (χ4v) is 2.13. The highest BCUT2D eigenvalue weighted by atomic mass is 32.2. The molecule has 0 N–H and O–H groups in total. The van der Waals surface area contributed by atoms with Gasteiger partial charge in [-0.15, -0.1) is 5.10 Å². The fraction of sp³-hybridized carbons (Fsp3) is 0.250. The lowest BCUT2D eigenvalue weighted by Gasteiger charge is -2.04. The van der Waals surface area contributed by atoms with Crippen molar-refractivity contribution in [3.05, 3.63) is 36.7 Å². The van der Waals surface area contributed by atoms with Gasteiger partial charge in [-0.25, -0.2) is 9.67 Å². The van der Waals surface area contributed by atoms with E-state index in [1.54, 1.807) is 17.9 Å². The van der Waals surface area contributed by atoms with Crippen molar-refractivity contribution < 1.29 is 9.53 Å². The molecule has 0 saturated carbocycles. The Morgan fingerprint density at radius 3 is 2.78 bits per heavy atom. The molecule has 1 aromatic heterocycles. The van der Waals surface area contributed by atoms with Gasteiger partial charge in [-0.2, -0.15) is 0 Å². The Bertz CT molecular complexity index is 527. The molecular weight excluding hydrogens is 250 g/mol. The zero-order valence-electron chi connectivity index (χ0n) is 10.1. The molecule has 0 aliphatic carbocycles. The molecule has 2 aromatic rings. The van der Waals surface area contributed by atoms with Crippen LogP contribution in [0.4, 0.5) is 0 Å². The number of carbonyl (C=O) groups excluding carboxylic acids is 1. The number of hydrogen-bond donors (Lipinski definition) is 0. The molecular formula is C12H13N3O2S. The first kappa shape index (κ1) is 12.6. The molecule has 94 valence electrons. The van der Waals surface area contributed by atoms with Crippen molar-refractivity contribution in [2.75, 3.05) is 7.11 Å². The van der Waals surface area contributed by atoms with Gasteiger partial charge >= 0.3 is 5.97 Å². The second-order valence-corrected chi connectivity index (χ2v) is 4.90. The van der Waals surface area contributed by atoms with E-state index in [-0.39, 0.29) is 11.2 Å². The lowest BCUT2D eigenvalue weighted by atomic mass is 10.3. The predicted octanol–water partition coefficient (Wildman–Crippen LogP) is 1.92. The van der Waals surface area contributed by atoms with Gasteiger partial charge in [0.2, 0.25) is 5.16 Å². The minimum absolute atomic E-state index is 0.281. The van der Waals surface area contributed by atoms with Crippen molar-refractivity contribution in [1.82, 2.24) is 14.8 Å². The summed E-state index contributed by atoms with van der Waals surface area (Å²) in [5, 5.41) is 4.53. The second kappa shape index (κ2) is 5.68. The van der Waals surface area contributed by atoms with Gasteiger partial charge in [-0.3, -0.25) is 4.79 Å². The van der Waals surface area contributed by atoms with Gasteiger partial charge in [-0.1, -0.05) is 30.0 Å². The molecule has 0 amide bonds. The first-order valence-corrected chi connectivity index (χ1v) is 6.30. The van der Waals surface area contributed by atoms with Crippen molar-refractivity contribution >= 4 is 17.7 Å². The van der Waals surface area contributed by atoms with Crippen molar-refractivity contribution in [3.8, 4) is 5.69 Å². The van der Waals surface area contributed by atoms with Crippen LogP contribution >= 0.6 is 11.8 Å². The van der Waals surface area contributed by atoms with Crippen LogP contribution in [0, 0.1) is 0 Å². The summed E-state index contributed by atoms with van der Waals surface area (Å²) < 4.78 is 6.33. The number of thioether (sulfide) groups is 1. The van der Waals surface area contributed by atoms with E-state index in [0.29, 0.717) is 5.16 Å². The van der Waals surface area contributed by atoms with Crippen LogP contribution in [0.2, 0.25) is 0 Å². The normalized spacial score (nSPS) is 12.1. The third-order valence-corrected chi connectivity index (χ3v) is 3.25. The molecule has 2 rings (SSSR count). The molecule has 0 fully saturated rings. The van der Waals surface area contributed by atoms with E-state index >= 15 is 0 Å². The first-order valence-electron chi connectivity index (χ1n) is 5.42. The van der Waals surface area contributed by atoms with Crippen molar-refractivity contribution in [3.63, 3.8) is 0 Å². The van der Waals surface area contributed by atoms with Crippen LogP contribution in [0.1, 0.15) is 6.92 Å². The number of carbonyl (C=O) groups is 1. The Morgan fingerprint density at radius 1 is 1.39 bits per heavy atom. The van der Waals surface area contributed by atoms with E-state index in [4.69, 9.17) is 0 Å². The van der Waals surface area contributed by atoms with E-state index < -0.39 is 0 Å². The van der Waals surface area contributed by atoms with E-state index in [2.05, 4.69) is 14.8 Å². The van der Waals surface area contributed by atoms with E-state index in [1.165, 1.54) is 18.9 Å². The highest BCUT2D eigenvalue weighted by Crippen LogP contribution is 2.20. The minimum atomic E-state index is -0.318. The number of methoxy groups -OCH3 is 1. The third-order valence-electron chi connectivity index (χ3n) is 2.31. The lowest BCUT2D eigenvalue weighted by molar-refractivity contribution is -0.139. The van der Waals surface area contributed by atoms with Crippen LogP contribution in [-0.4, -0.2) is 33.1 Å². The Kier molecular flexibility index (Phi) is 3.99. The number of rotatable bonds is 4. The van der Waals surface area contributed by atoms with Gasteiger partial charge in [0, 0.05) is 0 Å². The number of aromatic nitrogens is 3. The Labute approximate surface area is 109 Å². The maximum Gasteiger partial charge on any atom is 0.318 e. The number of nitrogens with zero attached hydrogens (tertiary/aromatic N) is 3. The van der Waals surface area contributed by atoms with Gasteiger partial charge in [0.1, 0.15) is 11.6 Å². The molecule has 0 spiro atoms. The van der Waals surface area contributed by atoms with Crippen LogP contribution in [-0.2, 0) is 9.53 Å². The maximum absolute atomic E-state index is 11.3. The highest BCUT2D eigenvalue weighted by molar-refractivity contribution is 8.00. The zero-order valence-corrected chi connectivity index (χ0v) is 10.9. The largest absolute Gasteiger partial charge is 0.468 e. The van der Waals surface area contributed by atoms with Gasteiger partial charge in [0.25, 0.3) is 0 Å². The molecule has 6 heteroatoms. The fourth-order valence-electron chi connectivity index (χ4n) is 1.38. The zero-order chi connectivity index (χ0) is 13.0.